The predicted octanol–water partition coefficient (Wildman–Crippen LogP) is 3.91. The molecule has 4 rings (SSSR count). The number of hydrogen-bond donors (Lipinski definition) is 1. The average Bonchev–Trinajstić information content (AvgIpc) is 3.09. The molecule has 2 aromatic carbocycles. The Morgan fingerprint density at radius 2 is 1.94 bits per heavy atom. The zero-order valence-electron chi connectivity index (χ0n) is 19.0. The van der Waals surface area contributed by atoms with E-state index in [0.717, 1.165) is 37.2 Å². The molecule has 1 N–H and O–H groups in total. The highest BCUT2D eigenvalue weighted by atomic mass is 19.1. The van der Waals surface area contributed by atoms with Crippen molar-refractivity contribution in [3.8, 4) is 5.75 Å². The van der Waals surface area contributed by atoms with Gasteiger partial charge in [0.25, 0.3) is 11.7 Å². The molecule has 1 saturated heterocycles. The van der Waals surface area contributed by atoms with Crippen molar-refractivity contribution in [2.75, 3.05) is 32.8 Å². The third-order valence-corrected chi connectivity index (χ3v) is 6.47. The number of carbonyl (C=O) groups excluding carboxylic acids is 2. The van der Waals surface area contributed by atoms with Gasteiger partial charge in [-0.2, -0.15) is 0 Å². The third-order valence-electron chi connectivity index (χ3n) is 6.47. The molecule has 1 amide bonds. The van der Waals surface area contributed by atoms with Crippen LogP contribution in [0.3, 0.4) is 0 Å². The summed E-state index contributed by atoms with van der Waals surface area (Å²) in [6.07, 6.45) is 1.66. The number of nitrogens with zero attached hydrogens (tertiary/aromatic N) is 2. The van der Waals surface area contributed by atoms with Crippen molar-refractivity contribution in [2.45, 2.75) is 32.7 Å². The smallest absolute Gasteiger partial charge is 0.295 e. The number of rotatable bonds is 7. The van der Waals surface area contributed by atoms with Crippen LogP contribution in [-0.2, 0) is 16.0 Å². The molecule has 0 aromatic heterocycles. The second-order valence-corrected chi connectivity index (χ2v) is 8.32. The van der Waals surface area contributed by atoms with E-state index in [-0.39, 0.29) is 23.4 Å². The number of aliphatic hydroxyl groups is 1. The summed E-state index contributed by atoms with van der Waals surface area (Å²) in [4.78, 5) is 29.7. The topological polar surface area (TPSA) is 70.1 Å². The fourth-order valence-electron chi connectivity index (χ4n) is 4.58. The van der Waals surface area contributed by atoms with Crippen molar-refractivity contribution in [1.29, 1.82) is 0 Å². The lowest BCUT2D eigenvalue weighted by atomic mass is 9.93. The molecule has 0 spiro atoms. The van der Waals surface area contributed by atoms with Crippen molar-refractivity contribution in [3.63, 3.8) is 0 Å². The molecule has 1 atom stereocenters. The first-order valence-electron chi connectivity index (χ1n) is 11.5. The molecular formula is C26H29FN2O4. The molecule has 0 radical (unpaired) electrons. The number of aryl methyl sites for hydroxylation is 1. The van der Waals surface area contributed by atoms with Gasteiger partial charge in [-0.3, -0.25) is 9.59 Å². The minimum absolute atomic E-state index is 0.0821. The van der Waals surface area contributed by atoms with Gasteiger partial charge < -0.3 is 19.6 Å². The molecule has 0 aliphatic carbocycles. The molecule has 33 heavy (non-hydrogen) atoms. The van der Waals surface area contributed by atoms with Crippen LogP contribution in [-0.4, -0.2) is 59.4 Å². The van der Waals surface area contributed by atoms with Gasteiger partial charge in [-0.25, -0.2) is 4.39 Å². The van der Waals surface area contributed by atoms with Crippen LogP contribution in [0.5, 0.6) is 5.75 Å². The Kier molecular flexibility index (Phi) is 6.79. The first-order chi connectivity index (χ1) is 16.0. The van der Waals surface area contributed by atoms with Gasteiger partial charge in [-0.05, 0) is 55.8 Å². The molecule has 6 nitrogen and oxygen atoms in total. The highest BCUT2D eigenvalue weighted by Gasteiger charge is 2.46. The maximum absolute atomic E-state index is 14.9. The first kappa shape index (κ1) is 23.0. The van der Waals surface area contributed by atoms with Crippen LogP contribution in [0, 0.1) is 5.82 Å². The molecule has 0 saturated carbocycles. The fourth-order valence-corrected chi connectivity index (χ4v) is 4.58. The number of benzene rings is 2. The Balaban J connectivity index is 1.80. The van der Waals surface area contributed by atoms with Gasteiger partial charge in [0, 0.05) is 24.2 Å². The third kappa shape index (κ3) is 4.37. The summed E-state index contributed by atoms with van der Waals surface area (Å²) in [5.41, 5.74) is 1.46. The number of fused-ring (bicyclic) bond motifs is 1. The van der Waals surface area contributed by atoms with Crippen molar-refractivity contribution < 1.29 is 23.8 Å². The number of ether oxygens (including phenoxy) is 1. The van der Waals surface area contributed by atoms with Gasteiger partial charge in [0.15, 0.2) is 0 Å². The zero-order chi connectivity index (χ0) is 23.5. The van der Waals surface area contributed by atoms with Gasteiger partial charge in [0.05, 0.1) is 18.2 Å². The number of carbonyl (C=O) groups is 2. The quantitative estimate of drug-likeness (QED) is 0.392. The Hall–Kier alpha value is -3.19. The second kappa shape index (κ2) is 9.75. The monoisotopic (exact) mass is 452 g/mol. The summed E-state index contributed by atoms with van der Waals surface area (Å²) in [6, 6.07) is 10.3. The van der Waals surface area contributed by atoms with Crippen LogP contribution in [0.1, 0.15) is 43.0 Å². The van der Waals surface area contributed by atoms with E-state index in [2.05, 4.69) is 4.90 Å². The van der Waals surface area contributed by atoms with E-state index in [1.807, 2.05) is 13.8 Å². The predicted molar refractivity (Wildman–Crippen MR) is 123 cm³/mol. The highest BCUT2D eigenvalue weighted by molar-refractivity contribution is 6.46. The Bertz CT molecular complexity index is 1090. The number of likely N-dealkylation sites (N-methyl/N-ethyl adjacent to an activating group) is 1. The van der Waals surface area contributed by atoms with Crippen molar-refractivity contribution >= 4 is 17.4 Å². The molecule has 0 bridgehead atoms. The van der Waals surface area contributed by atoms with Crippen LogP contribution in [0.4, 0.5) is 4.39 Å². The molecule has 7 heteroatoms. The summed E-state index contributed by atoms with van der Waals surface area (Å²) in [7, 11) is 0. The summed E-state index contributed by atoms with van der Waals surface area (Å²) >= 11 is 0. The Labute approximate surface area is 193 Å². The number of aliphatic hydroxyl groups excluding tert-OH is 1. The van der Waals surface area contributed by atoms with Crippen LogP contribution >= 0.6 is 0 Å². The minimum Gasteiger partial charge on any atom is -0.507 e. The van der Waals surface area contributed by atoms with Crippen molar-refractivity contribution in [3.05, 3.63) is 70.5 Å². The zero-order valence-corrected chi connectivity index (χ0v) is 19.0. The minimum atomic E-state index is -0.992. The van der Waals surface area contributed by atoms with E-state index >= 15 is 0 Å². The lowest BCUT2D eigenvalue weighted by Gasteiger charge is -2.28. The van der Waals surface area contributed by atoms with Gasteiger partial charge >= 0.3 is 0 Å². The van der Waals surface area contributed by atoms with Gasteiger partial charge in [-0.15, -0.1) is 0 Å². The van der Waals surface area contributed by atoms with Crippen molar-refractivity contribution in [1.82, 2.24) is 9.80 Å². The lowest BCUT2D eigenvalue weighted by molar-refractivity contribution is -0.140. The Morgan fingerprint density at radius 3 is 2.67 bits per heavy atom. The molecule has 2 aliphatic heterocycles. The summed E-state index contributed by atoms with van der Waals surface area (Å²) in [5.74, 6) is -1.59. The number of Topliss-reactive ketones (excluding diaryl/α,β-unsaturated/α-hetero) is 1. The van der Waals surface area contributed by atoms with Crippen LogP contribution in [0.2, 0.25) is 0 Å². The van der Waals surface area contributed by atoms with Gasteiger partial charge in [-0.1, -0.05) is 32.0 Å². The lowest BCUT2D eigenvalue weighted by Crippen LogP contribution is -2.38. The second-order valence-electron chi connectivity index (χ2n) is 8.32. The molecular weight excluding hydrogens is 423 g/mol. The number of ketones is 1. The van der Waals surface area contributed by atoms with Crippen molar-refractivity contribution in [2.24, 2.45) is 0 Å². The van der Waals surface area contributed by atoms with Crippen LogP contribution < -0.4 is 4.74 Å². The normalized spacial score (nSPS) is 19.6. The number of likely N-dealkylation sites (tertiary alicyclic amines) is 1. The van der Waals surface area contributed by atoms with E-state index in [0.29, 0.717) is 18.7 Å². The SMILES string of the molecule is CCN(CC)CCN1C(=O)C(=O)/C(=C(/O)c2ccc3c(c2)CCCO3)C1c1ccccc1F. The Morgan fingerprint density at radius 1 is 1.18 bits per heavy atom. The molecule has 2 aliphatic rings. The number of halogens is 1. The van der Waals surface area contributed by atoms with E-state index in [4.69, 9.17) is 4.74 Å². The summed E-state index contributed by atoms with van der Waals surface area (Å²) in [6.45, 7) is 7.06. The highest BCUT2D eigenvalue weighted by Crippen LogP contribution is 2.40. The van der Waals surface area contributed by atoms with E-state index in [1.165, 1.54) is 11.0 Å². The maximum Gasteiger partial charge on any atom is 0.295 e. The number of hydrogen-bond acceptors (Lipinski definition) is 5. The van der Waals surface area contributed by atoms with Crippen LogP contribution in [0.25, 0.3) is 5.76 Å². The average molecular weight is 453 g/mol. The van der Waals surface area contributed by atoms with E-state index in [1.54, 1.807) is 36.4 Å². The maximum atomic E-state index is 14.9. The van der Waals surface area contributed by atoms with Crippen LogP contribution in [0.15, 0.2) is 48.0 Å². The molecule has 2 aromatic rings. The first-order valence-corrected chi connectivity index (χ1v) is 11.5. The molecule has 1 fully saturated rings. The molecule has 1 unspecified atom stereocenters. The summed E-state index contributed by atoms with van der Waals surface area (Å²) < 4.78 is 20.5. The van der Waals surface area contributed by atoms with E-state index in [9.17, 15) is 19.1 Å². The van der Waals surface area contributed by atoms with E-state index < -0.39 is 23.5 Å². The summed E-state index contributed by atoms with van der Waals surface area (Å²) in [5, 5.41) is 11.2. The largest absolute Gasteiger partial charge is 0.507 e. The van der Waals surface area contributed by atoms with Gasteiger partial charge in [0.2, 0.25) is 0 Å². The van der Waals surface area contributed by atoms with Gasteiger partial charge in [0.1, 0.15) is 17.3 Å². The fraction of sp³-hybridized carbons (Fsp3) is 0.385. The molecule has 2 heterocycles. The molecule has 174 valence electrons. The number of amides is 1. The standard InChI is InChI=1S/C26H29FN2O4/c1-3-28(4-2)13-14-29-23(19-9-5-6-10-20(19)27)22(25(31)26(29)32)24(30)18-11-12-21-17(16-18)8-7-15-33-21/h5-6,9-12,16,23,30H,3-4,7-8,13-15H2,1-2H3/b24-22+.